The highest BCUT2D eigenvalue weighted by atomic mass is 14.8. The maximum absolute atomic E-state index is 5.99. The number of benzene rings is 4. The first kappa shape index (κ1) is 91.8. The molecule has 136 heavy (non-hydrogen) atoms. The second kappa shape index (κ2) is 33.9. The third-order valence-electron chi connectivity index (χ3n) is 28.0. The largest absolute Gasteiger partial charge is 0.355 e. The number of nitrogens with one attached hydrogen (secondary N) is 6. The average molecular weight is 1790 g/mol. The number of H-pyrrole nitrogens is 6. The number of aromatic nitrogens is 12. The van der Waals surface area contributed by atoms with Gasteiger partial charge in [0.05, 0.1) is 68.3 Å². The van der Waals surface area contributed by atoms with E-state index in [4.69, 9.17) is 29.9 Å². The van der Waals surface area contributed by atoms with Gasteiger partial charge in [0.15, 0.2) is 0 Å². The third-order valence-corrected chi connectivity index (χ3v) is 28.0. The van der Waals surface area contributed by atoms with E-state index in [9.17, 15) is 0 Å². The van der Waals surface area contributed by atoms with Crippen LogP contribution in [0.5, 0.6) is 0 Å². The summed E-state index contributed by atoms with van der Waals surface area (Å²) in [5.41, 5.74) is 44.5. The normalized spacial score (nSPS) is 13.7. The fourth-order valence-electron chi connectivity index (χ4n) is 19.7. The molecule has 0 atom stereocenters. The molecular formula is C124H134N12. The van der Waals surface area contributed by atoms with E-state index in [1.165, 1.54) is 44.5 Å². The number of hydrogen-bond acceptors (Lipinski definition) is 6. The lowest BCUT2D eigenvalue weighted by molar-refractivity contribution is 0.568. The number of fused-ring (bicyclic) bond motifs is 24. The van der Waals surface area contributed by atoms with Gasteiger partial charge in [-0.2, -0.15) is 0 Å². The molecule has 0 aliphatic carbocycles. The van der Waals surface area contributed by atoms with Crippen LogP contribution in [0.1, 0.15) is 330 Å². The van der Waals surface area contributed by atoms with E-state index in [0.717, 1.165) is 251 Å². The van der Waals surface area contributed by atoms with E-state index >= 15 is 0 Å². The van der Waals surface area contributed by atoms with E-state index in [-0.39, 0.29) is 43.3 Å². The van der Waals surface area contributed by atoms with Crippen LogP contribution in [0.15, 0.2) is 158 Å². The maximum Gasteiger partial charge on any atom is 0.0738 e. The molecule has 6 aliphatic rings. The van der Waals surface area contributed by atoms with Gasteiger partial charge in [0, 0.05) is 122 Å². The zero-order valence-electron chi connectivity index (χ0n) is 84.9. The molecule has 6 N–H and O–H groups in total. The summed E-state index contributed by atoms with van der Waals surface area (Å²) in [7, 11) is 0. The summed E-state index contributed by atoms with van der Waals surface area (Å²) in [6.07, 6.45) is 31.9. The quantitative estimate of drug-likeness (QED) is 0.0711. The Hall–Kier alpha value is -13.3. The molecule has 13 aromatic rings. The summed E-state index contributed by atoms with van der Waals surface area (Å²) >= 11 is 0. The Balaban J connectivity index is 0.897. The Kier molecular flexibility index (Phi) is 22.9. The summed E-state index contributed by atoms with van der Waals surface area (Å²) in [5.74, 6) is 0. The summed E-state index contributed by atoms with van der Waals surface area (Å²) in [6, 6.07) is 60.1. The zero-order chi connectivity index (χ0) is 96.2. The zero-order valence-corrected chi connectivity index (χ0v) is 84.9. The van der Waals surface area contributed by atoms with Gasteiger partial charge in [-0.15, -0.1) is 0 Å². The van der Waals surface area contributed by atoms with Crippen molar-refractivity contribution < 1.29 is 0 Å². The first-order valence-corrected chi connectivity index (χ1v) is 49.3. The molecule has 12 heteroatoms. The van der Waals surface area contributed by atoms with Crippen LogP contribution in [0.2, 0.25) is 0 Å². The van der Waals surface area contributed by atoms with Crippen molar-refractivity contribution in [2.24, 2.45) is 0 Å². The van der Waals surface area contributed by atoms with Crippen molar-refractivity contribution in [1.82, 2.24) is 59.8 Å². The second-order valence-corrected chi connectivity index (χ2v) is 46.8. The highest BCUT2D eigenvalue weighted by molar-refractivity contribution is 6.06. The van der Waals surface area contributed by atoms with Gasteiger partial charge in [-0.3, -0.25) is 0 Å². The summed E-state index contributed by atoms with van der Waals surface area (Å²) < 4.78 is 0. The van der Waals surface area contributed by atoms with Gasteiger partial charge in [0.1, 0.15) is 0 Å². The van der Waals surface area contributed by atoms with Gasteiger partial charge in [-0.05, 0) is 294 Å². The molecule has 0 unspecified atom stereocenters. The minimum absolute atomic E-state index is 0.124. The summed E-state index contributed by atoms with van der Waals surface area (Å²) in [4.78, 5) is 60.0. The van der Waals surface area contributed by atoms with Crippen LogP contribution in [0, 0.1) is 0 Å². The molecule has 24 bridgehead atoms. The lowest BCUT2D eigenvalue weighted by atomic mass is 9.78. The van der Waals surface area contributed by atoms with E-state index in [0.29, 0.717) is 0 Å². The molecule has 0 saturated heterocycles. The number of hydrogen-bond donors (Lipinski definition) is 6. The predicted molar refractivity (Wildman–Crippen MR) is 583 cm³/mol. The molecule has 19 rings (SSSR count). The van der Waals surface area contributed by atoms with Crippen molar-refractivity contribution >= 4 is 139 Å². The van der Waals surface area contributed by atoms with Gasteiger partial charge in [-0.25, -0.2) is 29.9 Å². The van der Waals surface area contributed by atoms with Crippen LogP contribution >= 0.6 is 0 Å². The van der Waals surface area contributed by atoms with Crippen molar-refractivity contribution in [1.29, 1.82) is 0 Å². The number of unbranched alkanes of at least 4 members (excludes halogenated alkanes) is 2. The molecule has 9 aromatic heterocycles. The maximum atomic E-state index is 5.99. The van der Waals surface area contributed by atoms with E-state index in [1.807, 2.05) is 0 Å². The van der Waals surface area contributed by atoms with Crippen molar-refractivity contribution in [3.05, 3.63) is 282 Å². The van der Waals surface area contributed by atoms with Crippen LogP contribution in [0.4, 0.5) is 0 Å². The second-order valence-electron chi connectivity index (χ2n) is 46.8. The average Bonchev–Trinajstić information content (AvgIpc) is 1.56. The molecule has 6 aliphatic heterocycles. The Bertz CT molecular complexity index is 7260. The minimum atomic E-state index is -0.176. The minimum Gasteiger partial charge on any atom is -0.355 e. The van der Waals surface area contributed by atoms with Crippen molar-refractivity contribution in [2.75, 3.05) is 0 Å². The summed E-state index contributed by atoms with van der Waals surface area (Å²) in [6.45, 7) is 60.2. The van der Waals surface area contributed by atoms with Gasteiger partial charge in [0.2, 0.25) is 0 Å². The standard InChI is InChI=1S/C124H134N12/c1-27-29-31-87-89-41-45-103(129-89)115(113-101-39-35-85(127-101)69-83-33-37-93(125-83)109(71-57-75(117(3,4)5)65-76(58-71)118(6,7)8)95-49-51-97(133-95)111(99-53-55-107(113)135-99)73-61-79(121(15,16)17)67-80(62-73)122(18,19)20)105-47-43-91(131-105)88(32-30-28-2)92-44-48-106(132-92)116(104-46-42-90(87)130-104)114-102-40-36-86(128-102)70-84-34-38-94(126-84)110(72-59-77(119(9,10)11)66-78(60-72)120(12,13)14)96-50-52-98(134-96)112(100-54-56-108(114)136-100)74-63-81(123(21,22)23)68-82(64-74)124(24,25)26/h33-70,125-126,129,132,135-136H,27-32H2,1-26H3. The topological polar surface area (TPSA) is 172 Å². The molecule has 0 amide bonds. The third kappa shape index (κ3) is 17.9. The first-order chi connectivity index (χ1) is 64.2. The molecule has 690 valence electrons. The number of nitrogens with zero attached hydrogens (tertiary/aromatic N) is 6. The molecular weight excluding hydrogens is 1660 g/mol. The van der Waals surface area contributed by atoms with E-state index < -0.39 is 0 Å². The van der Waals surface area contributed by atoms with Crippen LogP contribution < -0.4 is 0 Å². The van der Waals surface area contributed by atoms with Crippen molar-refractivity contribution in [3.63, 3.8) is 0 Å². The molecule has 0 radical (unpaired) electrons. The monoisotopic (exact) mass is 1790 g/mol. The molecule has 15 heterocycles. The van der Waals surface area contributed by atoms with Crippen molar-refractivity contribution in [3.8, 4) is 66.8 Å². The Labute approximate surface area is 803 Å². The molecule has 0 fully saturated rings. The van der Waals surface area contributed by atoms with Gasteiger partial charge in [0.25, 0.3) is 0 Å². The van der Waals surface area contributed by atoms with Gasteiger partial charge < -0.3 is 29.9 Å². The highest BCUT2D eigenvalue weighted by Crippen LogP contribution is 2.48. The highest BCUT2D eigenvalue weighted by Gasteiger charge is 2.32. The lowest BCUT2D eigenvalue weighted by Crippen LogP contribution is -2.16. The predicted octanol–water partition coefficient (Wildman–Crippen LogP) is 33.7. The Morgan fingerprint density at radius 3 is 0.632 bits per heavy atom. The smallest absolute Gasteiger partial charge is 0.0738 e. The van der Waals surface area contributed by atoms with Gasteiger partial charge in [-0.1, -0.05) is 266 Å². The molecule has 4 aromatic carbocycles. The van der Waals surface area contributed by atoms with Crippen LogP contribution in [-0.2, 0) is 56.2 Å². The number of aromatic amines is 6. The Morgan fingerprint density at radius 1 is 0.191 bits per heavy atom. The number of aryl methyl sites for hydroxylation is 2. The fraction of sp³-hybridized carbons (Fsp3) is 0.323. The SMILES string of the molecule is CCCCc1c2nc(c(-c3c4nc(cc5ccc([nH]5)c(-c5cc(C(C)(C)C)cc(C(C)(C)C)c5)c5nc(c(-c6cc(C(C)(C)C)cc(C(C)(C)C)c6)c6ccc3[nH]6)C=C5)C=C4)c3ccc([nH]3)c(CCCC)c3nc(c(-c4c5nc(cc6ccc([nH]6)c(-c6cc(C(C)(C)C)cc(C(C)(C)C)c6)c6nc(c(-c7cc(C(C)(C)C)cc(C(C)(C)C)c7)c7ccc4[nH]7)C=C6)C=C5)c4ccc1[nH]4)C=C3)C=C2. The first-order valence-electron chi connectivity index (χ1n) is 49.3. The molecule has 0 spiro atoms. The molecule has 12 nitrogen and oxygen atoms in total. The van der Waals surface area contributed by atoms with Crippen LogP contribution in [-0.4, -0.2) is 59.8 Å². The molecule has 0 saturated carbocycles. The van der Waals surface area contributed by atoms with Crippen LogP contribution in [0.25, 0.3) is 206 Å². The van der Waals surface area contributed by atoms with Crippen LogP contribution in [0.3, 0.4) is 0 Å². The number of rotatable bonds is 12. The Morgan fingerprint density at radius 2 is 0.382 bits per heavy atom. The van der Waals surface area contributed by atoms with Gasteiger partial charge >= 0.3 is 0 Å². The fourth-order valence-corrected chi connectivity index (χ4v) is 19.7. The van der Waals surface area contributed by atoms with E-state index in [1.54, 1.807) is 0 Å². The van der Waals surface area contributed by atoms with E-state index in [2.05, 4.69) is 441 Å². The lowest BCUT2D eigenvalue weighted by Gasteiger charge is -2.26. The van der Waals surface area contributed by atoms with Crippen molar-refractivity contribution in [2.45, 2.75) is 262 Å². The summed E-state index contributed by atoms with van der Waals surface area (Å²) in [5, 5.41) is 0.